The van der Waals surface area contributed by atoms with Crippen molar-refractivity contribution in [3.05, 3.63) is 59.7 Å². The SMILES string of the molecule is COc1ccc(CCC(=O)Nc2cccc(CN(C)C(=O)OC(C)(C)C)c2)cc1. The molecule has 0 aromatic heterocycles. The molecule has 0 fully saturated rings. The Morgan fingerprint density at radius 2 is 1.72 bits per heavy atom. The van der Waals surface area contributed by atoms with Crippen LogP contribution in [0.3, 0.4) is 0 Å². The first-order valence-corrected chi connectivity index (χ1v) is 9.62. The number of nitrogens with zero attached hydrogens (tertiary/aromatic N) is 1. The number of anilines is 1. The molecule has 6 heteroatoms. The second kappa shape index (κ2) is 9.96. The maximum Gasteiger partial charge on any atom is 0.410 e. The van der Waals surface area contributed by atoms with Gasteiger partial charge in [0.25, 0.3) is 0 Å². The minimum atomic E-state index is -0.537. The highest BCUT2D eigenvalue weighted by Crippen LogP contribution is 2.16. The Morgan fingerprint density at radius 3 is 2.34 bits per heavy atom. The zero-order valence-corrected chi connectivity index (χ0v) is 17.8. The molecular formula is C23H30N2O4. The van der Waals surface area contributed by atoms with Crippen LogP contribution in [0.15, 0.2) is 48.5 Å². The van der Waals surface area contributed by atoms with E-state index in [9.17, 15) is 9.59 Å². The molecule has 2 rings (SSSR count). The number of carbonyl (C=O) groups is 2. The quantitative estimate of drug-likeness (QED) is 0.738. The second-order valence-electron chi connectivity index (χ2n) is 7.93. The predicted molar refractivity (Wildman–Crippen MR) is 114 cm³/mol. The molecule has 2 amide bonds. The number of hydrogen-bond acceptors (Lipinski definition) is 4. The van der Waals surface area contributed by atoms with Crippen LogP contribution in [0.5, 0.6) is 5.75 Å². The Morgan fingerprint density at radius 1 is 1.03 bits per heavy atom. The zero-order valence-electron chi connectivity index (χ0n) is 17.8. The Balaban J connectivity index is 1.88. The summed E-state index contributed by atoms with van der Waals surface area (Å²) in [5.74, 6) is 0.741. The molecule has 0 saturated heterocycles. The van der Waals surface area contributed by atoms with Crippen molar-refractivity contribution in [1.82, 2.24) is 4.90 Å². The first kappa shape index (κ1) is 22.3. The Labute approximate surface area is 172 Å². The lowest BCUT2D eigenvalue weighted by Gasteiger charge is -2.24. The van der Waals surface area contributed by atoms with Crippen molar-refractivity contribution < 1.29 is 19.1 Å². The van der Waals surface area contributed by atoms with Gasteiger partial charge in [0.05, 0.1) is 7.11 Å². The number of rotatable bonds is 7. The number of benzene rings is 2. The third-order valence-electron chi connectivity index (χ3n) is 4.14. The highest BCUT2D eigenvalue weighted by Gasteiger charge is 2.19. The molecule has 0 radical (unpaired) electrons. The monoisotopic (exact) mass is 398 g/mol. The molecule has 29 heavy (non-hydrogen) atoms. The van der Waals surface area contributed by atoms with Crippen LogP contribution in [0.2, 0.25) is 0 Å². The number of carbonyl (C=O) groups excluding carboxylic acids is 2. The highest BCUT2D eigenvalue weighted by molar-refractivity contribution is 5.90. The summed E-state index contributed by atoms with van der Waals surface area (Å²) in [5, 5.41) is 2.92. The average Bonchev–Trinajstić information content (AvgIpc) is 2.65. The van der Waals surface area contributed by atoms with Gasteiger partial charge in [0, 0.05) is 25.7 Å². The third-order valence-corrected chi connectivity index (χ3v) is 4.14. The molecule has 0 atom stereocenters. The van der Waals surface area contributed by atoms with Crippen LogP contribution in [0.25, 0.3) is 0 Å². The first-order chi connectivity index (χ1) is 13.7. The fraction of sp³-hybridized carbons (Fsp3) is 0.391. The maximum atomic E-state index is 12.3. The van der Waals surface area contributed by atoms with E-state index in [2.05, 4.69) is 5.32 Å². The fourth-order valence-corrected chi connectivity index (χ4v) is 2.70. The van der Waals surface area contributed by atoms with E-state index in [0.717, 1.165) is 16.9 Å². The van der Waals surface area contributed by atoms with Gasteiger partial charge in [-0.3, -0.25) is 4.79 Å². The molecule has 1 N–H and O–H groups in total. The van der Waals surface area contributed by atoms with Crippen LogP contribution in [-0.2, 0) is 22.5 Å². The molecule has 0 aliphatic heterocycles. The summed E-state index contributed by atoms with van der Waals surface area (Å²) in [7, 11) is 3.32. The average molecular weight is 399 g/mol. The van der Waals surface area contributed by atoms with Crippen LogP contribution in [0, 0.1) is 0 Å². The minimum Gasteiger partial charge on any atom is -0.497 e. The minimum absolute atomic E-state index is 0.0570. The molecule has 0 aliphatic rings. The largest absolute Gasteiger partial charge is 0.497 e. The number of nitrogens with one attached hydrogen (secondary N) is 1. The van der Waals surface area contributed by atoms with E-state index in [0.29, 0.717) is 25.1 Å². The van der Waals surface area contributed by atoms with Crippen LogP contribution in [-0.4, -0.2) is 36.7 Å². The number of aryl methyl sites for hydroxylation is 1. The molecule has 0 unspecified atom stereocenters. The third kappa shape index (κ3) is 7.86. The number of ether oxygens (including phenoxy) is 2. The van der Waals surface area contributed by atoms with Gasteiger partial charge in [-0.15, -0.1) is 0 Å². The van der Waals surface area contributed by atoms with Gasteiger partial charge >= 0.3 is 6.09 Å². The first-order valence-electron chi connectivity index (χ1n) is 9.62. The number of amides is 2. The molecule has 6 nitrogen and oxygen atoms in total. The summed E-state index contributed by atoms with van der Waals surface area (Å²) in [6, 6.07) is 15.2. The summed E-state index contributed by atoms with van der Waals surface area (Å²) in [5.41, 5.74) is 2.16. The van der Waals surface area contributed by atoms with E-state index < -0.39 is 5.60 Å². The van der Waals surface area contributed by atoms with Gasteiger partial charge in [0.1, 0.15) is 11.4 Å². The van der Waals surface area contributed by atoms with Crippen molar-refractivity contribution in [1.29, 1.82) is 0 Å². The summed E-state index contributed by atoms with van der Waals surface area (Å²) in [4.78, 5) is 25.9. The topological polar surface area (TPSA) is 67.9 Å². The maximum absolute atomic E-state index is 12.3. The van der Waals surface area contributed by atoms with Crippen LogP contribution < -0.4 is 10.1 Å². The van der Waals surface area contributed by atoms with Crippen molar-refractivity contribution in [3.8, 4) is 5.75 Å². The molecule has 2 aromatic rings. The summed E-state index contributed by atoms with van der Waals surface area (Å²) < 4.78 is 10.5. The molecule has 0 spiro atoms. The second-order valence-corrected chi connectivity index (χ2v) is 7.93. The van der Waals surface area contributed by atoms with Gasteiger partial charge < -0.3 is 19.7 Å². The Kier molecular flexibility index (Phi) is 7.65. The molecule has 0 saturated carbocycles. The van der Waals surface area contributed by atoms with Gasteiger partial charge in [-0.05, 0) is 62.6 Å². The lowest BCUT2D eigenvalue weighted by atomic mass is 10.1. The van der Waals surface area contributed by atoms with Gasteiger partial charge in [0.2, 0.25) is 5.91 Å². The Hall–Kier alpha value is -3.02. The molecule has 0 heterocycles. The lowest BCUT2D eigenvalue weighted by Crippen LogP contribution is -2.33. The lowest BCUT2D eigenvalue weighted by molar-refractivity contribution is -0.116. The van der Waals surface area contributed by atoms with E-state index in [4.69, 9.17) is 9.47 Å². The highest BCUT2D eigenvalue weighted by atomic mass is 16.6. The summed E-state index contributed by atoms with van der Waals surface area (Å²) in [6.07, 6.45) is 0.650. The van der Waals surface area contributed by atoms with E-state index in [1.807, 2.05) is 69.3 Å². The fourth-order valence-electron chi connectivity index (χ4n) is 2.70. The predicted octanol–water partition coefficient (Wildman–Crippen LogP) is 4.63. The van der Waals surface area contributed by atoms with Crippen LogP contribution in [0.4, 0.5) is 10.5 Å². The molecular weight excluding hydrogens is 368 g/mol. The normalized spacial score (nSPS) is 10.9. The molecule has 0 bridgehead atoms. The van der Waals surface area contributed by atoms with E-state index >= 15 is 0 Å². The molecule has 0 aliphatic carbocycles. The van der Waals surface area contributed by atoms with Crippen molar-refractivity contribution in [2.45, 2.75) is 45.8 Å². The van der Waals surface area contributed by atoms with Gasteiger partial charge in [-0.1, -0.05) is 24.3 Å². The van der Waals surface area contributed by atoms with Crippen molar-refractivity contribution in [2.75, 3.05) is 19.5 Å². The molecule has 156 valence electrons. The van der Waals surface area contributed by atoms with Gasteiger partial charge in [-0.25, -0.2) is 4.79 Å². The van der Waals surface area contributed by atoms with Crippen molar-refractivity contribution >= 4 is 17.7 Å². The number of hydrogen-bond donors (Lipinski definition) is 1. The zero-order chi connectivity index (χ0) is 21.4. The standard InChI is InChI=1S/C23H30N2O4/c1-23(2,3)29-22(27)25(4)16-18-7-6-8-19(15-18)24-21(26)14-11-17-9-12-20(28-5)13-10-17/h6-10,12-13,15H,11,14,16H2,1-5H3,(H,24,26). The summed E-state index contributed by atoms with van der Waals surface area (Å²) >= 11 is 0. The van der Waals surface area contributed by atoms with Crippen LogP contribution in [0.1, 0.15) is 38.3 Å². The Bertz CT molecular complexity index is 826. The summed E-state index contributed by atoms with van der Waals surface area (Å²) in [6.45, 7) is 5.90. The van der Waals surface area contributed by atoms with Crippen LogP contribution >= 0.6 is 0 Å². The van der Waals surface area contributed by atoms with E-state index in [1.165, 1.54) is 4.90 Å². The number of methoxy groups -OCH3 is 1. The van der Waals surface area contributed by atoms with E-state index in [-0.39, 0.29) is 12.0 Å². The smallest absolute Gasteiger partial charge is 0.410 e. The van der Waals surface area contributed by atoms with Crippen molar-refractivity contribution in [3.63, 3.8) is 0 Å². The van der Waals surface area contributed by atoms with Gasteiger partial charge in [0.15, 0.2) is 0 Å². The van der Waals surface area contributed by atoms with E-state index in [1.54, 1.807) is 14.2 Å². The van der Waals surface area contributed by atoms with Gasteiger partial charge in [-0.2, -0.15) is 0 Å². The molecule has 2 aromatic carbocycles. The van der Waals surface area contributed by atoms with Crippen molar-refractivity contribution in [2.24, 2.45) is 0 Å².